The molecule has 0 radical (unpaired) electrons. The van der Waals surface area contributed by atoms with Crippen molar-refractivity contribution in [2.45, 2.75) is 17.8 Å². The van der Waals surface area contributed by atoms with Gasteiger partial charge in [0.1, 0.15) is 0 Å². The Kier molecular flexibility index (Phi) is 3.92. The molecule has 0 saturated heterocycles. The molecular weight excluding hydrogens is 280 g/mol. The lowest BCUT2D eigenvalue weighted by atomic mass is 10.1. The van der Waals surface area contributed by atoms with Gasteiger partial charge in [0, 0.05) is 11.3 Å². The number of hydrogen-bond acceptors (Lipinski definition) is 4. The van der Waals surface area contributed by atoms with Crippen LogP contribution in [0.3, 0.4) is 0 Å². The summed E-state index contributed by atoms with van der Waals surface area (Å²) in [5.41, 5.74) is 3.39. The molecule has 106 valence electrons. The molecule has 5 heteroatoms. The first-order valence-corrected chi connectivity index (χ1v) is 7.67. The number of nitrogens with zero attached hydrogens (tertiary/aromatic N) is 3. The van der Waals surface area contributed by atoms with E-state index in [0.717, 1.165) is 22.0 Å². The van der Waals surface area contributed by atoms with Crippen molar-refractivity contribution in [1.29, 1.82) is 0 Å². The highest BCUT2D eigenvalue weighted by Gasteiger charge is 2.13. The second-order valence-electron chi connectivity index (χ2n) is 4.77. The van der Waals surface area contributed by atoms with E-state index in [-0.39, 0.29) is 0 Å². The summed E-state index contributed by atoms with van der Waals surface area (Å²) in [7, 11) is 0. The van der Waals surface area contributed by atoms with Crippen molar-refractivity contribution >= 4 is 11.8 Å². The van der Waals surface area contributed by atoms with Gasteiger partial charge in [0.2, 0.25) is 5.16 Å². The normalized spacial score (nSPS) is 10.7. The van der Waals surface area contributed by atoms with Gasteiger partial charge < -0.3 is 5.84 Å². The lowest BCUT2D eigenvalue weighted by Gasteiger charge is -2.06. The van der Waals surface area contributed by atoms with Crippen molar-refractivity contribution in [3.8, 4) is 11.4 Å². The molecule has 0 fully saturated rings. The second kappa shape index (κ2) is 6.01. The van der Waals surface area contributed by atoms with Crippen LogP contribution < -0.4 is 5.84 Å². The van der Waals surface area contributed by atoms with Crippen molar-refractivity contribution in [2.24, 2.45) is 0 Å². The van der Waals surface area contributed by atoms with Crippen molar-refractivity contribution in [3.63, 3.8) is 0 Å². The van der Waals surface area contributed by atoms with Gasteiger partial charge in [-0.25, -0.2) is 4.68 Å². The summed E-state index contributed by atoms with van der Waals surface area (Å²) >= 11 is 1.59. The minimum atomic E-state index is 0.698. The molecule has 2 aromatic carbocycles. The maximum absolute atomic E-state index is 6.14. The Hall–Kier alpha value is -2.27. The molecule has 0 amide bonds. The zero-order valence-corrected chi connectivity index (χ0v) is 12.5. The number of nitrogens with two attached hydrogens (primary N) is 1. The van der Waals surface area contributed by atoms with Crippen molar-refractivity contribution < 1.29 is 0 Å². The quantitative estimate of drug-likeness (QED) is 0.593. The Morgan fingerprint density at radius 2 is 1.71 bits per heavy atom. The maximum atomic E-state index is 6.14. The zero-order valence-electron chi connectivity index (χ0n) is 11.7. The van der Waals surface area contributed by atoms with Gasteiger partial charge in [-0.1, -0.05) is 66.4 Å². The average Bonchev–Trinajstić information content (AvgIpc) is 2.88. The lowest BCUT2D eigenvalue weighted by molar-refractivity contribution is 0.849. The van der Waals surface area contributed by atoms with E-state index in [2.05, 4.69) is 22.3 Å². The topological polar surface area (TPSA) is 56.7 Å². The largest absolute Gasteiger partial charge is 0.335 e. The number of aromatic nitrogens is 3. The van der Waals surface area contributed by atoms with Crippen LogP contribution >= 0.6 is 11.8 Å². The van der Waals surface area contributed by atoms with Gasteiger partial charge in [0.15, 0.2) is 5.82 Å². The number of rotatable bonds is 4. The monoisotopic (exact) mass is 296 g/mol. The minimum Gasteiger partial charge on any atom is -0.335 e. The smallest absolute Gasteiger partial charge is 0.210 e. The molecule has 0 bridgehead atoms. The molecule has 0 saturated carbocycles. The fraction of sp³-hybridized carbons (Fsp3) is 0.125. The van der Waals surface area contributed by atoms with Crippen molar-refractivity contribution in [3.05, 3.63) is 65.7 Å². The molecule has 1 aromatic heterocycles. The summed E-state index contributed by atoms with van der Waals surface area (Å²) in [6.07, 6.45) is 0. The van der Waals surface area contributed by atoms with Gasteiger partial charge in [-0.3, -0.25) is 0 Å². The molecule has 0 aliphatic heterocycles. The Balaban J connectivity index is 1.82. The summed E-state index contributed by atoms with van der Waals surface area (Å²) in [5.74, 6) is 7.66. The van der Waals surface area contributed by atoms with Crippen LogP contribution in [0.25, 0.3) is 11.4 Å². The Morgan fingerprint density at radius 3 is 2.48 bits per heavy atom. The van der Waals surface area contributed by atoms with Crippen LogP contribution in [0, 0.1) is 6.92 Å². The molecule has 0 aliphatic carbocycles. The van der Waals surface area contributed by atoms with E-state index < -0.39 is 0 Å². The minimum absolute atomic E-state index is 0.698. The molecule has 1 heterocycles. The number of benzene rings is 2. The fourth-order valence-corrected chi connectivity index (χ4v) is 2.92. The summed E-state index contributed by atoms with van der Waals surface area (Å²) in [6, 6.07) is 18.3. The fourth-order valence-electron chi connectivity index (χ4n) is 2.11. The summed E-state index contributed by atoms with van der Waals surface area (Å²) in [6.45, 7) is 2.04. The third-order valence-corrected chi connectivity index (χ3v) is 4.28. The highest BCUT2D eigenvalue weighted by atomic mass is 32.2. The van der Waals surface area contributed by atoms with E-state index in [1.807, 2.05) is 49.4 Å². The van der Waals surface area contributed by atoms with E-state index in [1.165, 1.54) is 5.56 Å². The standard InChI is InChI=1S/C16H16N4S/c1-12-7-5-6-10-14(12)15-18-19-16(20(15)17)21-11-13-8-3-2-4-9-13/h2-10H,11,17H2,1H3. The molecule has 0 spiro atoms. The molecule has 4 nitrogen and oxygen atoms in total. The molecule has 2 N–H and O–H groups in total. The van der Waals surface area contributed by atoms with E-state index in [0.29, 0.717) is 5.82 Å². The number of nitrogen functional groups attached to an aromatic ring is 1. The average molecular weight is 296 g/mol. The molecule has 0 atom stereocenters. The van der Waals surface area contributed by atoms with Crippen LogP contribution in [0.1, 0.15) is 11.1 Å². The van der Waals surface area contributed by atoms with Gasteiger partial charge in [0.25, 0.3) is 0 Å². The summed E-state index contributed by atoms with van der Waals surface area (Å²) < 4.78 is 1.57. The number of hydrogen-bond donors (Lipinski definition) is 1. The van der Waals surface area contributed by atoms with Gasteiger partial charge in [0.05, 0.1) is 0 Å². The second-order valence-corrected chi connectivity index (χ2v) is 5.71. The first kappa shape index (κ1) is 13.7. The third-order valence-electron chi connectivity index (χ3n) is 3.26. The van der Waals surface area contributed by atoms with Crippen LogP contribution in [-0.4, -0.2) is 14.9 Å². The van der Waals surface area contributed by atoms with Gasteiger partial charge >= 0.3 is 0 Å². The SMILES string of the molecule is Cc1ccccc1-c1nnc(SCc2ccccc2)n1N. The first-order chi connectivity index (χ1) is 10.3. The predicted molar refractivity (Wildman–Crippen MR) is 86.3 cm³/mol. The molecule has 0 aliphatic rings. The molecular formula is C16H16N4S. The van der Waals surface area contributed by atoms with Gasteiger partial charge in [-0.05, 0) is 18.1 Å². The molecule has 0 unspecified atom stereocenters. The summed E-state index contributed by atoms with van der Waals surface area (Å²) in [5, 5.41) is 9.14. The number of aryl methyl sites for hydroxylation is 1. The van der Waals surface area contributed by atoms with E-state index in [9.17, 15) is 0 Å². The molecule has 21 heavy (non-hydrogen) atoms. The Morgan fingerprint density at radius 1 is 1.00 bits per heavy atom. The van der Waals surface area contributed by atoms with Crippen LogP contribution in [0.15, 0.2) is 59.8 Å². The highest BCUT2D eigenvalue weighted by molar-refractivity contribution is 7.98. The Labute approximate surface area is 128 Å². The molecule has 3 aromatic rings. The predicted octanol–water partition coefficient (Wildman–Crippen LogP) is 3.26. The Bertz CT molecular complexity index is 737. The van der Waals surface area contributed by atoms with Gasteiger partial charge in [-0.2, -0.15) is 0 Å². The van der Waals surface area contributed by atoms with Crippen LogP contribution in [0.4, 0.5) is 0 Å². The van der Waals surface area contributed by atoms with E-state index in [1.54, 1.807) is 16.4 Å². The highest BCUT2D eigenvalue weighted by Crippen LogP contribution is 2.25. The van der Waals surface area contributed by atoms with E-state index in [4.69, 9.17) is 5.84 Å². The number of thioether (sulfide) groups is 1. The third kappa shape index (κ3) is 2.92. The summed E-state index contributed by atoms with van der Waals surface area (Å²) in [4.78, 5) is 0. The first-order valence-electron chi connectivity index (χ1n) is 6.69. The van der Waals surface area contributed by atoms with Crippen molar-refractivity contribution in [2.75, 3.05) is 5.84 Å². The molecule has 3 rings (SSSR count). The van der Waals surface area contributed by atoms with Gasteiger partial charge in [-0.15, -0.1) is 10.2 Å². The van der Waals surface area contributed by atoms with Crippen LogP contribution in [0.2, 0.25) is 0 Å². The van der Waals surface area contributed by atoms with Crippen LogP contribution in [-0.2, 0) is 5.75 Å². The van der Waals surface area contributed by atoms with Crippen molar-refractivity contribution in [1.82, 2.24) is 14.9 Å². The van der Waals surface area contributed by atoms with Crippen LogP contribution in [0.5, 0.6) is 0 Å². The zero-order chi connectivity index (χ0) is 14.7. The lowest BCUT2D eigenvalue weighted by Crippen LogP contribution is -2.12. The van der Waals surface area contributed by atoms with E-state index >= 15 is 0 Å². The maximum Gasteiger partial charge on any atom is 0.210 e.